The van der Waals surface area contributed by atoms with Crippen molar-refractivity contribution in [3.05, 3.63) is 77.4 Å². The molecule has 1 aliphatic heterocycles. The Morgan fingerprint density at radius 2 is 1.63 bits per heavy atom. The first-order chi connectivity index (χ1) is 19.4. The number of nitrogens with zero attached hydrogens (tertiary/aromatic N) is 1. The van der Waals surface area contributed by atoms with Gasteiger partial charge in [0.15, 0.2) is 0 Å². The third-order valence-corrected chi connectivity index (χ3v) is 6.57. The molecule has 0 aromatic heterocycles. The summed E-state index contributed by atoms with van der Waals surface area (Å²) in [6.07, 6.45) is 1.55. The predicted molar refractivity (Wildman–Crippen MR) is 157 cm³/mol. The van der Waals surface area contributed by atoms with Crippen LogP contribution in [0.5, 0.6) is 0 Å². The highest BCUT2D eigenvalue weighted by molar-refractivity contribution is 5.85. The lowest BCUT2D eigenvalue weighted by Crippen LogP contribution is -2.47. The third-order valence-electron chi connectivity index (χ3n) is 6.57. The quantitative estimate of drug-likeness (QED) is 0.245. The summed E-state index contributed by atoms with van der Waals surface area (Å²) in [7, 11) is 1.51. The number of benzene rings is 2. The molecule has 1 aliphatic rings. The zero-order chi connectivity index (χ0) is 30.0. The molecule has 1 amide bonds. The summed E-state index contributed by atoms with van der Waals surface area (Å²) >= 11 is 0. The van der Waals surface area contributed by atoms with E-state index in [9.17, 15) is 14.4 Å². The summed E-state index contributed by atoms with van der Waals surface area (Å²) in [5, 5.41) is 0. The summed E-state index contributed by atoms with van der Waals surface area (Å²) in [5.74, 6) is -1.26. The van der Waals surface area contributed by atoms with E-state index in [2.05, 4.69) is 6.08 Å². The molecule has 0 saturated heterocycles. The van der Waals surface area contributed by atoms with Crippen LogP contribution in [0, 0.1) is 5.92 Å². The molecule has 222 valence electrons. The maximum Gasteiger partial charge on any atom is 0.410 e. The highest BCUT2D eigenvalue weighted by Crippen LogP contribution is 2.23. The Balaban J connectivity index is 1.80. The second-order valence-corrected chi connectivity index (χ2v) is 11.7. The molecule has 0 fully saturated rings. The molecule has 0 aliphatic carbocycles. The zero-order valence-corrected chi connectivity index (χ0v) is 25.1. The van der Waals surface area contributed by atoms with Crippen molar-refractivity contribution in [1.82, 2.24) is 4.90 Å². The average Bonchev–Trinajstić information content (AvgIpc) is 2.94. The Kier molecular flexibility index (Phi) is 11.5. The van der Waals surface area contributed by atoms with E-state index in [-0.39, 0.29) is 18.9 Å². The lowest BCUT2D eigenvalue weighted by Gasteiger charge is -2.31. The lowest BCUT2D eigenvalue weighted by molar-refractivity contribution is -0.171. The third kappa shape index (κ3) is 10.4. The molecule has 0 unspecified atom stereocenters. The topological polar surface area (TPSA) is 91.4 Å². The van der Waals surface area contributed by atoms with Gasteiger partial charge in [0, 0.05) is 13.5 Å². The van der Waals surface area contributed by atoms with Gasteiger partial charge in [0.2, 0.25) is 6.10 Å². The van der Waals surface area contributed by atoms with Gasteiger partial charge in [-0.15, -0.1) is 0 Å². The van der Waals surface area contributed by atoms with E-state index in [1.54, 1.807) is 20.8 Å². The number of carbonyl (C=O) groups is 3. The van der Waals surface area contributed by atoms with E-state index in [1.165, 1.54) is 17.5 Å². The molecule has 3 rings (SSSR count). The Morgan fingerprint density at radius 3 is 2.22 bits per heavy atom. The molecule has 41 heavy (non-hydrogen) atoms. The molecule has 2 aromatic carbocycles. The predicted octanol–water partition coefficient (Wildman–Crippen LogP) is 5.97. The van der Waals surface area contributed by atoms with Crippen LogP contribution in [-0.4, -0.2) is 60.9 Å². The number of carbonyl (C=O) groups excluding carboxylic acids is 3. The molecule has 0 bridgehead atoms. The van der Waals surface area contributed by atoms with Gasteiger partial charge in [-0.3, -0.25) is 4.90 Å². The van der Waals surface area contributed by atoms with Gasteiger partial charge in [-0.25, -0.2) is 14.4 Å². The van der Waals surface area contributed by atoms with E-state index < -0.39 is 35.8 Å². The van der Waals surface area contributed by atoms with Crippen molar-refractivity contribution in [2.75, 3.05) is 20.3 Å². The molecule has 0 spiro atoms. The smallest absolute Gasteiger partial charge is 0.410 e. The van der Waals surface area contributed by atoms with Crippen molar-refractivity contribution in [2.45, 2.75) is 78.2 Å². The molecular formula is C33H43NO7. The Morgan fingerprint density at radius 1 is 0.951 bits per heavy atom. The summed E-state index contributed by atoms with van der Waals surface area (Å²) in [5.41, 5.74) is 3.22. The number of esters is 2. The average molecular weight is 566 g/mol. The minimum Gasteiger partial charge on any atom is -0.458 e. The van der Waals surface area contributed by atoms with Crippen LogP contribution >= 0.6 is 0 Å². The largest absolute Gasteiger partial charge is 0.458 e. The normalized spacial score (nSPS) is 15.0. The van der Waals surface area contributed by atoms with Crippen LogP contribution in [-0.2, 0) is 41.6 Å². The lowest BCUT2D eigenvalue weighted by atomic mass is 9.98. The first-order valence-corrected chi connectivity index (χ1v) is 14.2. The number of rotatable bonds is 11. The van der Waals surface area contributed by atoms with Crippen molar-refractivity contribution in [1.29, 1.82) is 0 Å². The second kappa shape index (κ2) is 14.8. The number of amides is 1. The van der Waals surface area contributed by atoms with Gasteiger partial charge < -0.3 is 18.9 Å². The van der Waals surface area contributed by atoms with Gasteiger partial charge in [-0.2, -0.15) is 0 Å². The fourth-order valence-corrected chi connectivity index (χ4v) is 4.39. The monoisotopic (exact) mass is 565 g/mol. The van der Waals surface area contributed by atoms with E-state index in [4.69, 9.17) is 18.9 Å². The summed E-state index contributed by atoms with van der Waals surface area (Å²) < 4.78 is 22.3. The minimum atomic E-state index is -1.19. The van der Waals surface area contributed by atoms with E-state index >= 15 is 0 Å². The SMILES string of the molecule is CC(C)C[C@@H](C(=O)O[C@H](Cc1ccc(C2=CCOCC2)cc1)C(=O)OCc1ccccc1)N(C)C(=O)OC(C)(C)C. The number of hydrogen-bond acceptors (Lipinski definition) is 7. The molecule has 1 heterocycles. The number of likely N-dealkylation sites (N-methyl/N-ethyl adjacent to an activating group) is 1. The molecule has 2 atom stereocenters. The zero-order valence-electron chi connectivity index (χ0n) is 25.1. The highest BCUT2D eigenvalue weighted by atomic mass is 16.6. The molecule has 8 heteroatoms. The van der Waals surface area contributed by atoms with Crippen LogP contribution in [0.3, 0.4) is 0 Å². The Hall–Kier alpha value is -3.65. The van der Waals surface area contributed by atoms with Crippen LogP contribution in [0.2, 0.25) is 0 Å². The van der Waals surface area contributed by atoms with Crippen molar-refractivity contribution < 1.29 is 33.3 Å². The fourth-order valence-electron chi connectivity index (χ4n) is 4.39. The van der Waals surface area contributed by atoms with Crippen LogP contribution in [0.25, 0.3) is 5.57 Å². The van der Waals surface area contributed by atoms with Gasteiger partial charge in [0.1, 0.15) is 18.2 Å². The standard InChI is InChI=1S/C33H43NO7/c1-23(2)20-28(34(6)32(37)41-33(3,4)5)30(35)40-29(31(36)39-22-25-10-8-7-9-11-25)21-24-12-14-26(15-13-24)27-16-18-38-19-17-27/h7-16,23,28-29H,17-22H2,1-6H3/t28-,29+/m0/s1. The van der Waals surface area contributed by atoms with Gasteiger partial charge >= 0.3 is 18.0 Å². The van der Waals surface area contributed by atoms with Crippen molar-refractivity contribution in [3.8, 4) is 0 Å². The molecule has 0 radical (unpaired) electrons. The van der Waals surface area contributed by atoms with Crippen LogP contribution in [0.4, 0.5) is 4.79 Å². The molecule has 0 saturated carbocycles. The maximum absolute atomic E-state index is 13.5. The summed E-state index contributed by atoms with van der Waals surface area (Å²) in [6.45, 7) is 10.5. The van der Waals surface area contributed by atoms with Crippen molar-refractivity contribution in [3.63, 3.8) is 0 Å². The van der Waals surface area contributed by atoms with Crippen molar-refractivity contribution in [2.24, 2.45) is 5.92 Å². The molecule has 8 nitrogen and oxygen atoms in total. The Bertz CT molecular complexity index is 1180. The van der Waals surface area contributed by atoms with E-state index in [0.29, 0.717) is 19.6 Å². The molecule has 2 aromatic rings. The van der Waals surface area contributed by atoms with Crippen LogP contribution < -0.4 is 0 Å². The number of ether oxygens (including phenoxy) is 4. The van der Waals surface area contributed by atoms with Gasteiger partial charge in [0.05, 0.1) is 13.2 Å². The molecule has 0 N–H and O–H groups in total. The maximum atomic E-state index is 13.5. The first-order valence-electron chi connectivity index (χ1n) is 14.2. The fraction of sp³-hybridized carbons (Fsp3) is 0.485. The molecular weight excluding hydrogens is 522 g/mol. The summed E-state index contributed by atoms with van der Waals surface area (Å²) in [4.78, 5) is 40.9. The number of hydrogen-bond donors (Lipinski definition) is 0. The highest BCUT2D eigenvalue weighted by Gasteiger charge is 2.35. The van der Waals surface area contributed by atoms with Crippen LogP contribution in [0.1, 0.15) is 64.2 Å². The summed E-state index contributed by atoms with van der Waals surface area (Å²) in [6, 6.07) is 16.2. The van der Waals surface area contributed by atoms with Gasteiger partial charge in [0.25, 0.3) is 0 Å². The first kappa shape index (κ1) is 31.9. The van der Waals surface area contributed by atoms with E-state index in [1.807, 2.05) is 68.4 Å². The van der Waals surface area contributed by atoms with Crippen molar-refractivity contribution >= 4 is 23.6 Å². The second-order valence-electron chi connectivity index (χ2n) is 11.7. The van der Waals surface area contributed by atoms with Crippen LogP contribution in [0.15, 0.2) is 60.7 Å². The Labute approximate surface area is 243 Å². The van der Waals surface area contributed by atoms with Gasteiger partial charge in [-0.05, 0) is 61.8 Å². The minimum absolute atomic E-state index is 0.0517. The van der Waals surface area contributed by atoms with E-state index in [0.717, 1.165) is 23.1 Å². The van der Waals surface area contributed by atoms with Gasteiger partial charge in [-0.1, -0.05) is 74.5 Å².